The minimum Gasteiger partial charge on any atom is -0.371 e. The fourth-order valence-corrected chi connectivity index (χ4v) is 3.05. The summed E-state index contributed by atoms with van der Waals surface area (Å²) in [4.78, 5) is 14.4. The Morgan fingerprint density at radius 1 is 1.16 bits per heavy atom. The third kappa shape index (κ3) is 3.95. The molecule has 1 amide bonds. The number of anilines is 2. The molecule has 2 aromatic rings. The molecule has 0 saturated heterocycles. The molecule has 1 aliphatic heterocycles. The molecule has 2 aromatic carbocycles. The summed E-state index contributed by atoms with van der Waals surface area (Å²) >= 11 is 0. The summed E-state index contributed by atoms with van der Waals surface area (Å²) in [5.74, 6) is -0.249. The standard InChI is InChI=1S/C19H19F3N2O/c1-2-24-10-9-14-5-8-16(12-17(14)24)23-18(25)11-13-3-6-15(7-4-13)19(20,21)22/h3-8,12H,2,9-11H2,1H3,(H,23,25). The predicted molar refractivity (Wildman–Crippen MR) is 91.8 cm³/mol. The van der Waals surface area contributed by atoms with Crippen LogP contribution in [0.2, 0.25) is 0 Å². The average Bonchev–Trinajstić information content (AvgIpc) is 2.96. The van der Waals surface area contributed by atoms with Gasteiger partial charge in [-0.15, -0.1) is 0 Å². The molecule has 0 unspecified atom stereocenters. The second kappa shape index (κ2) is 6.78. The van der Waals surface area contributed by atoms with Crippen molar-refractivity contribution in [1.29, 1.82) is 0 Å². The van der Waals surface area contributed by atoms with Gasteiger partial charge in [-0.1, -0.05) is 18.2 Å². The summed E-state index contributed by atoms with van der Waals surface area (Å²) in [6.07, 6.45) is -3.33. The van der Waals surface area contributed by atoms with Gasteiger partial charge in [0.2, 0.25) is 5.91 Å². The predicted octanol–water partition coefficient (Wildman–Crippen LogP) is 4.27. The first-order chi connectivity index (χ1) is 11.9. The van der Waals surface area contributed by atoms with Gasteiger partial charge in [-0.05, 0) is 48.7 Å². The van der Waals surface area contributed by atoms with E-state index in [1.54, 1.807) is 0 Å². The van der Waals surface area contributed by atoms with Crippen molar-refractivity contribution in [2.24, 2.45) is 0 Å². The number of halogens is 3. The van der Waals surface area contributed by atoms with Crippen LogP contribution in [0.25, 0.3) is 0 Å². The lowest BCUT2D eigenvalue weighted by Gasteiger charge is -2.17. The molecule has 0 saturated carbocycles. The van der Waals surface area contributed by atoms with Gasteiger partial charge in [0.25, 0.3) is 0 Å². The maximum Gasteiger partial charge on any atom is 0.416 e. The van der Waals surface area contributed by atoms with Gasteiger partial charge in [-0.25, -0.2) is 0 Å². The van der Waals surface area contributed by atoms with Crippen molar-refractivity contribution in [2.75, 3.05) is 23.3 Å². The molecule has 132 valence electrons. The number of fused-ring (bicyclic) bond motifs is 1. The van der Waals surface area contributed by atoms with Crippen LogP contribution in [0.15, 0.2) is 42.5 Å². The van der Waals surface area contributed by atoms with E-state index in [1.807, 2.05) is 18.2 Å². The molecule has 0 aliphatic carbocycles. The van der Waals surface area contributed by atoms with Gasteiger partial charge in [0.1, 0.15) is 0 Å². The zero-order chi connectivity index (χ0) is 18.0. The normalized spacial score (nSPS) is 13.7. The highest BCUT2D eigenvalue weighted by Crippen LogP contribution is 2.31. The SMILES string of the molecule is CCN1CCc2ccc(NC(=O)Cc3ccc(C(F)(F)F)cc3)cc21. The van der Waals surface area contributed by atoms with E-state index in [2.05, 4.69) is 17.1 Å². The first-order valence-corrected chi connectivity index (χ1v) is 8.20. The number of likely N-dealkylation sites (N-methyl/N-ethyl adjacent to an activating group) is 1. The monoisotopic (exact) mass is 348 g/mol. The zero-order valence-electron chi connectivity index (χ0n) is 13.9. The number of alkyl halides is 3. The number of carbonyl (C=O) groups excluding carboxylic acids is 1. The van der Waals surface area contributed by atoms with Crippen LogP contribution in [0.4, 0.5) is 24.5 Å². The van der Waals surface area contributed by atoms with Gasteiger partial charge in [0, 0.05) is 24.5 Å². The lowest BCUT2D eigenvalue weighted by atomic mass is 10.1. The van der Waals surface area contributed by atoms with Crippen molar-refractivity contribution in [2.45, 2.75) is 25.9 Å². The summed E-state index contributed by atoms with van der Waals surface area (Å²) < 4.78 is 37.7. The molecule has 0 spiro atoms. The zero-order valence-corrected chi connectivity index (χ0v) is 13.9. The highest BCUT2D eigenvalue weighted by molar-refractivity contribution is 5.93. The van der Waals surface area contributed by atoms with Gasteiger partial charge in [0.05, 0.1) is 12.0 Å². The van der Waals surface area contributed by atoms with Crippen molar-refractivity contribution < 1.29 is 18.0 Å². The molecule has 0 radical (unpaired) electrons. The Balaban J connectivity index is 1.65. The van der Waals surface area contributed by atoms with E-state index >= 15 is 0 Å². The molecule has 1 aliphatic rings. The summed E-state index contributed by atoms with van der Waals surface area (Å²) in [7, 11) is 0. The number of nitrogens with zero attached hydrogens (tertiary/aromatic N) is 1. The Kier molecular flexibility index (Phi) is 4.70. The van der Waals surface area contributed by atoms with Crippen LogP contribution in [0.3, 0.4) is 0 Å². The summed E-state index contributed by atoms with van der Waals surface area (Å²) in [6.45, 7) is 3.98. The van der Waals surface area contributed by atoms with Crippen LogP contribution < -0.4 is 10.2 Å². The third-order valence-electron chi connectivity index (χ3n) is 4.39. The van der Waals surface area contributed by atoms with Gasteiger partial charge < -0.3 is 10.2 Å². The van der Waals surface area contributed by atoms with Gasteiger partial charge in [0.15, 0.2) is 0 Å². The smallest absolute Gasteiger partial charge is 0.371 e. The molecule has 25 heavy (non-hydrogen) atoms. The van der Waals surface area contributed by atoms with Crippen molar-refractivity contribution in [1.82, 2.24) is 0 Å². The fourth-order valence-electron chi connectivity index (χ4n) is 3.05. The number of benzene rings is 2. The summed E-state index contributed by atoms with van der Waals surface area (Å²) in [5, 5.41) is 2.82. The first-order valence-electron chi connectivity index (χ1n) is 8.20. The molecule has 0 atom stereocenters. The number of carbonyl (C=O) groups is 1. The molecular formula is C19H19F3N2O. The lowest BCUT2D eigenvalue weighted by Crippen LogP contribution is -2.19. The van der Waals surface area contributed by atoms with E-state index < -0.39 is 11.7 Å². The Hall–Kier alpha value is -2.50. The van der Waals surface area contributed by atoms with Crippen LogP contribution in [0.5, 0.6) is 0 Å². The van der Waals surface area contributed by atoms with E-state index in [1.165, 1.54) is 17.7 Å². The Morgan fingerprint density at radius 2 is 1.88 bits per heavy atom. The lowest BCUT2D eigenvalue weighted by molar-refractivity contribution is -0.137. The highest BCUT2D eigenvalue weighted by Gasteiger charge is 2.30. The molecule has 3 nitrogen and oxygen atoms in total. The van der Waals surface area contributed by atoms with Gasteiger partial charge >= 0.3 is 6.18 Å². The Bertz CT molecular complexity index is 769. The number of hydrogen-bond acceptors (Lipinski definition) is 2. The molecule has 0 bridgehead atoms. The van der Waals surface area contributed by atoms with E-state index in [0.717, 1.165) is 37.3 Å². The average molecular weight is 348 g/mol. The van der Waals surface area contributed by atoms with Crippen molar-refractivity contribution in [3.63, 3.8) is 0 Å². The number of amides is 1. The van der Waals surface area contributed by atoms with Crippen LogP contribution in [-0.4, -0.2) is 19.0 Å². The molecule has 1 heterocycles. The van der Waals surface area contributed by atoms with Crippen LogP contribution in [0, 0.1) is 0 Å². The first kappa shape index (κ1) is 17.3. The third-order valence-corrected chi connectivity index (χ3v) is 4.39. The fraction of sp³-hybridized carbons (Fsp3) is 0.316. The molecule has 0 fully saturated rings. The quantitative estimate of drug-likeness (QED) is 0.895. The number of nitrogens with one attached hydrogen (secondary N) is 1. The van der Waals surface area contributed by atoms with E-state index in [0.29, 0.717) is 11.3 Å². The van der Waals surface area contributed by atoms with Crippen LogP contribution >= 0.6 is 0 Å². The maximum atomic E-state index is 12.6. The minimum absolute atomic E-state index is 0.0344. The molecule has 6 heteroatoms. The Morgan fingerprint density at radius 3 is 2.52 bits per heavy atom. The van der Waals surface area contributed by atoms with E-state index in [4.69, 9.17) is 0 Å². The second-order valence-electron chi connectivity index (χ2n) is 6.09. The van der Waals surface area contributed by atoms with Crippen molar-refractivity contribution in [3.8, 4) is 0 Å². The van der Waals surface area contributed by atoms with Crippen LogP contribution in [-0.2, 0) is 23.8 Å². The highest BCUT2D eigenvalue weighted by atomic mass is 19.4. The topological polar surface area (TPSA) is 32.3 Å². The largest absolute Gasteiger partial charge is 0.416 e. The number of rotatable bonds is 4. The van der Waals surface area contributed by atoms with Gasteiger partial charge in [-0.2, -0.15) is 13.2 Å². The summed E-state index contributed by atoms with van der Waals surface area (Å²) in [5.41, 5.74) is 2.94. The minimum atomic E-state index is -4.36. The second-order valence-corrected chi connectivity index (χ2v) is 6.09. The Labute approximate surface area is 144 Å². The molecule has 1 N–H and O–H groups in total. The van der Waals surface area contributed by atoms with Crippen molar-refractivity contribution in [3.05, 3.63) is 59.2 Å². The van der Waals surface area contributed by atoms with Crippen LogP contribution in [0.1, 0.15) is 23.6 Å². The molecular weight excluding hydrogens is 329 g/mol. The maximum absolute atomic E-state index is 12.6. The number of hydrogen-bond donors (Lipinski definition) is 1. The molecule has 0 aromatic heterocycles. The molecule has 3 rings (SSSR count). The van der Waals surface area contributed by atoms with Gasteiger partial charge in [-0.3, -0.25) is 4.79 Å². The summed E-state index contributed by atoms with van der Waals surface area (Å²) in [6, 6.07) is 10.5. The van der Waals surface area contributed by atoms with Crippen molar-refractivity contribution >= 4 is 17.3 Å². The van der Waals surface area contributed by atoms with E-state index in [9.17, 15) is 18.0 Å². The van der Waals surface area contributed by atoms with E-state index in [-0.39, 0.29) is 12.3 Å².